The fraction of sp³-hybridized carbons (Fsp3) is 1.00. The molecule has 2 unspecified atom stereocenters. The summed E-state index contributed by atoms with van der Waals surface area (Å²) in [5, 5.41) is 0. The van der Waals surface area contributed by atoms with Gasteiger partial charge in [0.15, 0.2) is 6.29 Å². The van der Waals surface area contributed by atoms with Gasteiger partial charge in [0.1, 0.15) is 0 Å². The van der Waals surface area contributed by atoms with Crippen molar-refractivity contribution in [2.75, 3.05) is 0 Å². The molecule has 0 aromatic carbocycles. The fourth-order valence-corrected chi connectivity index (χ4v) is 2.43. The summed E-state index contributed by atoms with van der Waals surface area (Å²) < 4.78 is 20.4. The van der Waals surface area contributed by atoms with Crippen LogP contribution in [0.5, 0.6) is 0 Å². The van der Waals surface area contributed by atoms with E-state index in [2.05, 4.69) is 11.6 Å². The van der Waals surface area contributed by atoms with Crippen LogP contribution < -0.4 is 29.6 Å². The SMILES string of the molecule is CCCCCCCCCCCC(OOP(=O)(O)O)OC(C)CC.[H-].[Na+]. The summed E-state index contributed by atoms with van der Waals surface area (Å²) in [7, 11) is -4.64. The van der Waals surface area contributed by atoms with E-state index >= 15 is 0 Å². The molecule has 0 heterocycles. The van der Waals surface area contributed by atoms with E-state index in [9.17, 15) is 4.57 Å². The van der Waals surface area contributed by atoms with Crippen molar-refractivity contribution >= 4 is 7.82 Å². The van der Waals surface area contributed by atoms with Gasteiger partial charge in [0.05, 0.1) is 6.10 Å². The Hall–Kier alpha value is 1.03. The van der Waals surface area contributed by atoms with Crippen LogP contribution in [0.25, 0.3) is 0 Å². The minimum atomic E-state index is -4.64. The van der Waals surface area contributed by atoms with Gasteiger partial charge in [0.25, 0.3) is 0 Å². The summed E-state index contributed by atoms with van der Waals surface area (Å²) in [6.45, 7) is 6.09. The summed E-state index contributed by atoms with van der Waals surface area (Å²) >= 11 is 0. The number of hydrogen-bond acceptors (Lipinski definition) is 4. The Bertz CT molecular complexity index is 319. The molecule has 8 heteroatoms. The molecule has 24 heavy (non-hydrogen) atoms. The van der Waals surface area contributed by atoms with E-state index in [0.29, 0.717) is 6.42 Å². The predicted molar refractivity (Wildman–Crippen MR) is 91.8 cm³/mol. The van der Waals surface area contributed by atoms with Gasteiger partial charge in [0, 0.05) is 6.42 Å². The van der Waals surface area contributed by atoms with Crippen molar-refractivity contribution in [2.45, 2.75) is 104 Å². The quantitative estimate of drug-likeness (QED) is 0.107. The van der Waals surface area contributed by atoms with Crippen molar-refractivity contribution in [1.29, 1.82) is 0 Å². The minimum absolute atomic E-state index is 0. The zero-order valence-electron chi connectivity index (χ0n) is 16.9. The molecular formula is C16H36NaO6P. The molecule has 0 rings (SSSR count). The topological polar surface area (TPSA) is 85.2 Å². The maximum atomic E-state index is 10.7. The molecule has 142 valence electrons. The zero-order valence-corrected chi connectivity index (χ0v) is 18.8. The van der Waals surface area contributed by atoms with Crippen molar-refractivity contribution in [1.82, 2.24) is 0 Å². The van der Waals surface area contributed by atoms with Crippen LogP contribution in [-0.4, -0.2) is 22.2 Å². The first-order valence-electron chi connectivity index (χ1n) is 8.95. The third-order valence-electron chi connectivity index (χ3n) is 3.75. The molecular weight excluding hydrogens is 342 g/mol. The standard InChI is InChI=1S/C16H35O6P.Na.H/c1-4-6-7-8-9-10-11-12-13-14-16(20-15(3)5-2)21-22-23(17,18)19;;/h15-16H,4-14H2,1-3H3,(H2,17,18,19);;/q;+1;-1. The third-order valence-corrected chi connectivity index (χ3v) is 4.03. The molecule has 0 fully saturated rings. The van der Waals surface area contributed by atoms with Crippen LogP contribution in [0.15, 0.2) is 0 Å². The Morgan fingerprint density at radius 1 is 0.958 bits per heavy atom. The largest absolute Gasteiger partial charge is 1.00 e. The second-order valence-electron chi connectivity index (χ2n) is 6.06. The van der Waals surface area contributed by atoms with Crippen LogP contribution >= 0.6 is 7.82 Å². The van der Waals surface area contributed by atoms with Gasteiger partial charge in [-0.25, -0.2) is 4.57 Å². The van der Waals surface area contributed by atoms with Gasteiger partial charge < -0.3 is 16.0 Å². The Kier molecular flexibility index (Phi) is 19.8. The van der Waals surface area contributed by atoms with Crippen molar-refractivity contribution in [2.24, 2.45) is 0 Å². The molecule has 0 radical (unpaired) electrons. The second-order valence-corrected chi connectivity index (χ2v) is 7.19. The number of unbranched alkanes of at least 4 members (excludes halogenated alkanes) is 8. The Balaban J connectivity index is -0.00000242. The minimum Gasteiger partial charge on any atom is -1.00 e. The first-order chi connectivity index (χ1) is 10.9. The molecule has 0 aromatic heterocycles. The van der Waals surface area contributed by atoms with E-state index in [-0.39, 0.29) is 37.1 Å². The van der Waals surface area contributed by atoms with Crippen LogP contribution in [0.4, 0.5) is 0 Å². The first kappa shape index (κ1) is 27.3. The van der Waals surface area contributed by atoms with Crippen molar-refractivity contribution in [3.8, 4) is 0 Å². The van der Waals surface area contributed by atoms with E-state index in [1.54, 1.807) is 0 Å². The van der Waals surface area contributed by atoms with Gasteiger partial charge in [0.2, 0.25) is 0 Å². The molecule has 2 N–H and O–H groups in total. The number of phosphoric acid groups is 1. The maximum absolute atomic E-state index is 10.7. The molecule has 0 aliphatic heterocycles. The second kappa shape index (κ2) is 17.4. The van der Waals surface area contributed by atoms with Crippen LogP contribution in [0, 0.1) is 0 Å². The van der Waals surface area contributed by atoms with E-state index in [1.807, 2.05) is 13.8 Å². The zero-order chi connectivity index (χ0) is 17.6. The van der Waals surface area contributed by atoms with Crippen molar-refractivity contribution in [3.63, 3.8) is 0 Å². The molecule has 0 spiro atoms. The summed E-state index contributed by atoms with van der Waals surface area (Å²) in [5.74, 6) is 0. The number of ether oxygens (including phenoxy) is 1. The third kappa shape index (κ3) is 19.4. The molecule has 0 aliphatic rings. The van der Waals surface area contributed by atoms with Gasteiger partial charge in [-0.3, -0.25) is 0 Å². The summed E-state index contributed by atoms with van der Waals surface area (Å²) in [5.41, 5.74) is 0. The average Bonchev–Trinajstić information content (AvgIpc) is 2.49. The predicted octanol–water partition coefficient (Wildman–Crippen LogP) is 2.21. The molecule has 2 atom stereocenters. The van der Waals surface area contributed by atoms with Crippen molar-refractivity contribution in [3.05, 3.63) is 0 Å². The van der Waals surface area contributed by atoms with Gasteiger partial charge in [-0.2, -0.15) is 4.89 Å². The van der Waals surface area contributed by atoms with Crippen LogP contribution in [0.3, 0.4) is 0 Å². The van der Waals surface area contributed by atoms with E-state index in [1.165, 1.54) is 44.9 Å². The summed E-state index contributed by atoms with van der Waals surface area (Å²) in [6, 6.07) is 0. The number of hydrogen-bond donors (Lipinski definition) is 2. The monoisotopic (exact) mass is 378 g/mol. The van der Waals surface area contributed by atoms with Crippen LogP contribution in [-0.2, 0) is 18.9 Å². The molecule has 0 amide bonds. The molecule has 0 aromatic rings. The van der Waals surface area contributed by atoms with Crippen LogP contribution in [0.1, 0.15) is 92.8 Å². The Morgan fingerprint density at radius 2 is 1.46 bits per heavy atom. The Morgan fingerprint density at radius 3 is 1.92 bits per heavy atom. The summed E-state index contributed by atoms with van der Waals surface area (Å²) in [6.07, 6.45) is 11.5. The average molecular weight is 378 g/mol. The Labute approximate surface area is 171 Å². The summed E-state index contributed by atoms with van der Waals surface area (Å²) in [4.78, 5) is 22.2. The van der Waals surface area contributed by atoms with Gasteiger partial charge in [-0.05, 0) is 19.8 Å². The molecule has 0 saturated carbocycles. The normalized spacial score (nSPS) is 14.2. The molecule has 0 bridgehead atoms. The van der Waals surface area contributed by atoms with Gasteiger partial charge in [-0.1, -0.05) is 65.2 Å². The number of rotatable bonds is 16. The molecule has 0 aliphatic carbocycles. The molecule has 0 saturated heterocycles. The fourth-order valence-electron chi connectivity index (χ4n) is 2.22. The molecule has 6 nitrogen and oxygen atoms in total. The van der Waals surface area contributed by atoms with Crippen LogP contribution in [0.2, 0.25) is 0 Å². The van der Waals surface area contributed by atoms with Gasteiger partial charge in [-0.15, -0.1) is 4.67 Å². The van der Waals surface area contributed by atoms with E-state index < -0.39 is 14.1 Å². The van der Waals surface area contributed by atoms with Crippen molar-refractivity contribution < 1.29 is 59.6 Å². The van der Waals surface area contributed by atoms with E-state index in [0.717, 1.165) is 19.3 Å². The van der Waals surface area contributed by atoms with Gasteiger partial charge >= 0.3 is 37.4 Å². The smallest absolute Gasteiger partial charge is 1.00 e. The van der Waals surface area contributed by atoms with E-state index in [4.69, 9.17) is 19.4 Å². The maximum Gasteiger partial charge on any atom is 1.00 e. The first-order valence-corrected chi connectivity index (χ1v) is 10.5.